The molecule has 2 unspecified atom stereocenters. The minimum atomic E-state index is -4.11. The number of carbonyl (C=O) groups is 5. The van der Waals surface area contributed by atoms with Gasteiger partial charge in [-0.2, -0.15) is 13.2 Å². The zero-order valence-electron chi connectivity index (χ0n) is 54.9. The lowest BCUT2D eigenvalue weighted by molar-refractivity contribution is -0.187. The van der Waals surface area contributed by atoms with Crippen LogP contribution in [0.4, 0.5) is 48.6 Å². The molecule has 0 bridgehead atoms. The molecule has 16 nitrogen and oxygen atoms in total. The van der Waals surface area contributed by atoms with Gasteiger partial charge in [0, 0.05) is 126 Å². The van der Waals surface area contributed by atoms with Gasteiger partial charge in [-0.1, -0.05) is 18.6 Å². The molecule has 11 aliphatic rings. The Bertz CT molecular complexity index is 3250. The molecular weight excluding hydrogens is 1200 g/mol. The number of allylic oxidation sites excluding steroid dienone is 2. The van der Waals surface area contributed by atoms with Crippen molar-refractivity contribution < 1.29 is 61.6 Å². The molecule has 7 fully saturated rings. The number of ether oxygens (including phenoxy) is 3. The summed E-state index contributed by atoms with van der Waals surface area (Å²) in [4.78, 5) is 77.7. The fraction of sp³-hybridized carbons (Fsp3) is 0.653. The number of nitrogens with zero attached hydrogens (tertiary/aromatic N) is 8. The van der Waals surface area contributed by atoms with E-state index in [-0.39, 0.29) is 84.2 Å². The Hall–Kier alpha value is -6.16. The maximum atomic E-state index is 14.1. The molecule has 5 amide bonds. The normalized spacial score (nSPS) is 25.5. The first-order valence-electron chi connectivity index (χ1n) is 34.7. The van der Waals surface area contributed by atoms with Crippen molar-refractivity contribution in [1.29, 1.82) is 0 Å². The third-order valence-electron chi connectivity index (χ3n) is 23.2. The molecule has 0 radical (unpaired) electrons. The van der Waals surface area contributed by atoms with Crippen LogP contribution in [0.15, 0.2) is 60.7 Å². The van der Waals surface area contributed by atoms with E-state index in [9.17, 15) is 45.9 Å². The Kier molecular flexibility index (Phi) is 20.0. The molecule has 14 rings (SSSR count). The summed E-state index contributed by atoms with van der Waals surface area (Å²) in [7, 11) is 0. The van der Waals surface area contributed by atoms with Crippen LogP contribution in [0.25, 0.3) is 5.57 Å². The first kappa shape index (κ1) is 66.8. The largest absolute Gasteiger partial charge is 0.450 e. The lowest BCUT2D eigenvalue weighted by atomic mass is 9.73. The van der Waals surface area contributed by atoms with E-state index in [0.717, 1.165) is 151 Å². The maximum Gasteiger partial charge on any atom is 0.410 e. The number of fused-ring (bicyclic) bond motifs is 6. The molecule has 0 aromatic heterocycles. The highest BCUT2D eigenvalue weighted by atomic mass is 19.4. The van der Waals surface area contributed by atoms with Gasteiger partial charge in [0.15, 0.2) is 0 Å². The van der Waals surface area contributed by atoms with Gasteiger partial charge in [-0.05, 0) is 225 Å². The highest BCUT2D eigenvalue weighted by Crippen LogP contribution is 2.52. The summed E-state index contributed by atoms with van der Waals surface area (Å²) < 4.78 is 83.5. The zero-order chi connectivity index (χ0) is 65.4. The van der Waals surface area contributed by atoms with Gasteiger partial charge in [-0.25, -0.2) is 18.4 Å². The third kappa shape index (κ3) is 14.1. The van der Waals surface area contributed by atoms with Gasteiger partial charge in [0.1, 0.15) is 17.7 Å². The Morgan fingerprint density at radius 3 is 1.43 bits per heavy atom. The molecule has 3 aromatic rings. The molecule has 9 aliphatic heterocycles. The molecule has 1 saturated carbocycles. The van der Waals surface area contributed by atoms with E-state index >= 15 is 0 Å². The van der Waals surface area contributed by atoms with Crippen LogP contribution >= 0.6 is 0 Å². The number of piperidine rings is 5. The molecular formula is C72H97F5N8O8. The van der Waals surface area contributed by atoms with Crippen LogP contribution in [0.3, 0.4) is 0 Å². The monoisotopic (exact) mass is 1300 g/mol. The van der Waals surface area contributed by atoms with Crippen molar-refractivity contribution in [1.82, 2.24) is 24.5 Å². The van der Waals surface area contributed by atoms with E-state index in [1.807, 2.05) is 26.5 Å². The number of amides is 5. The highest BCUT2D eigenvalue weighted by molar-refractivity contribution is 5.96. The molecule has 2 aliphatic carbocycles. The van der Waals surface area contributed by atoms with Crippen molar-refractivity contribution in [3.63, 3.8) is 0 Å². The van der Waals surface area contributed by atoms with E-state index in [0.29, 0.717) is 77.6 Å². The van der Waals surface area contributed by atoms with Crippen molar-refractivity contribution in [3.8, 4) is 0 Å². The average molecular weight is 1300 g/mol. The van der Waals surface area contributed by atoms with E-state index in [1.54, 1.807) is 36.9 Å². The second kappa shape index (κ2) is 27.9. The van der Waals surface area contributed by atoms with Crippen molar-refractivity contribution >= 4 is 52.5 Å². The van der Waals surface area contributed by atoms with Crippen molar-refractivity contribution in [2.75, 3.05) is 120 Å². The van der Waals surface area contributed by atoms with Gasteiger partial charge < -0.3 is 53.4 Å². The summed E-state index contributed by atoms with van der Waals surface area (Å²) >= 11 is 0. The van der Waals surface area contributed by atoms with Crippen molar-refractivity contribution in [2.24, 2.45) is 5.92 Å². The molecule has 3 spiro atoms. The fourth-order valence-electron chi connectivity index (χ4n) is 17.8. The summed E-state index contributed by atoms with van der Waals surface area (Å²) in [6.07, 6.45) is 13.4. The topological polar surface area (TPSA) is 139 Å². The summed E-state index contributed by atoms with van der Waals surface area (Å²) in [6, 6.07) is 17.2. The Morgan fingerprint density at radius 1 is 0.559 bits per heavy atom. The number of likely N-dealkylation sites (tertiary alicyclic amines) is 5. The lowest BCUT2D eigenvalue weighted by Crippen LogP contribution is -2.52. The molecule has 3 atom stereocenters. The summed E-state index contributed by atoms with van der Waals surface area (Å²) in [5.41, 5.74) is 8.46. The fourth-order valence-corrected chi connectivity index (χ4v) is 17.8. The second-order valence-corrected chi connectivity index (χ2v) is 28.5. The number of hydrogen-bond acceptors (Lipinski definition) is 11. The third-order valence-corrected chi connectivity index (χ3v) is 23.2. The molecule has 508 valence electrons. The number of rotatable bonds is 6. The number of carbonyl (C=O) groups excluding carboxylic acids is 5. The number of alkyl halides is 3. The van der Waals surface area contributed by atoms with E-state index in [4.69, 9.17) is 14.2 Å². The van der Waals surface area contributed by atoms with Crippen LogP contribution in [0.1, 0.15) is 167 Å². The highest BCUT2D eigenvalue weighted by Gasteiger charge is 2.51. The van der Waals surface area contributed by atoms with Crippen LogP contribution in [-0.4, -0.2) is 190 Å². The van der Waals surface area contributed by atoms with E-state index in [2.05, 4.69) is 39.0 Å². The Morgan fingerprint density at radius 2 is 1.01 bits per heavy atom. The summed E-state index contributed by atoms with van der Waals surface area (Å²) in [6.45, 7) is 18.6. The standard InChI is InChI=1S/C27H37N3O3.C24H32FN3O4.C21H26F4N2O.H2/c1-3-33-26(32)29-14-10-23(11-15-29)28-16-12-27(13-17-28)19-30(20(2)31)25-9-8-22(18-24(25)27)21-6-4-5-7-21;1-17(29)28-16-24(21-14-18(25)2-3-22(21)28)7-11-26(12-8-24)19-4-9-27(10-5-19)23(30)32-20-6-13-31-15-20;1-14(28)27-13-20(18-12-16(22)5-6-19(18)27)7-9-26(10-8-20)17-4-2-3-15(11-17)21(23,24)25;/h6,8-9,18,23H,3-5,7,10-17,19H2,1-2H3;2-3,14,19-20H,4-13,15-16H2,1H3;5-6,12,15,17H,2-4,7-11,13H2,1H3;1H/t;20-;;/m.1../s1. The van der Waals surface area contributed by atoms with Gasteiger partial charge >= 0.3 is 18.4 Å². The second-order valence-electron chi connectivity index (χ2n) is 28.5. The zero-order valence-corrected chi connectivity index (χ0v) is 54.9. The minimum absolute atomic E-state index is 0. The van der Waals surface area contributed by atoms with Crippen molar-refractivity contribution in [3.05, 3.63) is 94.6 Å². The van der Waals surface area contributed by atoms with Crippen LogP contribution in [0.2, 0.25) is 0 Å². The first-order valence-corrected chi connectivity index (χ1v) is 34.7. The van der Waals surface area contributed by atoms with Crippen LogP contribution in [0, 0.1) is 17.6 Å². The number of halogens is 5. The smallest absolute Gasteiger partial charge is 0.410 e. The maximum absolute atomic E-state index is 14.1. The van der Waals surface area contributed by atoms with Crippen LogP contribution in [0.5, 0.6) is 0 Å². The minimum Gasteiger partial charge on any atom is -0.450 e. The van der Waals surface area contributed by atoms with Gasteiger partial charge in [-0.15, -0.1) is 0 Å². The van der Waals surface area contributed by atoms with Gasteiger partial charge in [0.2, 0.25) is 17.7 Å². The molecule has 6 saturated heterocycles. The molecule has 93 heavy (non-hydrogen) atoms. The lowest BCUT2D eigenvalue weighted by Gasteiger charge is -2.45. The Labute approximate surface area is 546 Å². The molecule has 9 heterocycles. The average Bonchev–Trinajstić information content (AvgIpc) is 1.67. The first-order chi connectivity index (χ1) is 44.6. The van der Waals surface area contributed by atoms with Gasteiger partial charge in [0.25, 0.3) is 0 Å². The summed E-state index contributed by atoms with van der Waals surface area (Å²) in [5, 5.41) is 0. The summed E-state index contributed by atoms with van der Waals surface area (Å²) in [5.74, 6) is -1.65. The van der Waals surface area contributed by atoms with Crippen LogP contribution < -0.4 is 14.7 Å². The van der Waals surface area contributed by atoms with Crippen LogP contribution in [-0.2, 0) is 44.8 Å². The van der Waals surface area contributed by atoms with E-state index < -0.39 is 12.1 Å². The number of benzene rings is 3. The molecule has 0 N–H and O–H groups in total. The molecule has 21 heteroatoms. The SMILES string of the molecule is CC(=O)N1CC2(CCN(C3CCCC(C(F)(F)F)C3)CC2)c2cc(F)ccc21.CC(=O)N1CC2(CCN(C3CCN(C(=O)O[C@@H]4CCOC4)CC3)CC2)c2cc(F)ccc21.CCOC(=O)N1CCC(N2CCC3(CC2)CN(C(C)=O)c2ccc(C4=CCCC4)cc23)CC1.[HH]. The van der Waals surface area contributed by atoms with Gasteiger partial charge in [-0.3, -0.25) is 14.4 Å². The van der Waals surface area contributed by atoms with Crippen molar-refractivity contribution in [2.45, 2.75) is 190 Å². The Balaban J connectivity index is 0.000000144. The van der Waals surface area contributed by atoms with Gasteiger partial charge in [0.05, 0.1) is 25.7 Å². The number of anilines is 3. The molecule has 3 aromatic carbocycles. The predicted molar refractivity (Wildman–Crippen MR) is 348 cm³/mol. The number of hydrogen-bond donors (Lipinski definition) is 0. The quantitative estimate of drug-likeness (QED) is 0.218. The predicted octanol–water partition coefficient (Wildman–Crippen LogP) is 12.4. The van der Waals surface area contributed by atoms with E-state index in [1.165, 1.54) is 61.1 Å².